The van der Waals surface area contributed by atoms with Gasteiger partial charge in [0.05, 0.1) is 11.8 Å². The molecule has 0 radical (unpaired) electrons. The molecule has 0 aromatic rings. The van der Waals surface area contributed by atoms with Gasteiger partial charge in [-0.05, 0) is 25.2 Å². The van der Waals surface area contributed by atoms with Crippen LogP contribution in [0.2, 0.25) is 0 Å². The average molecular weight is 294 g/mol. The number of amides is 2. The molecule has 1 saturated carbocycles. The smallest absolute Gasteiger partial charge is 0.307 e. The van der Waals surface area contributed by atoms with Crippen molar-refractivity contribution in [2.45, 2.75) is 38.6 Å². The first-order chi connectivity index (χ1) is 9.97. The number of piperazine rings is 1. The van der Waals surface area contributed by atoms with Crippen LogP contribution in [0.1, 0.15) is 32.6 Å². The van der Waals surface area contributed by atoms with Crippen molar-refractivity contribution < 1.29 is 19.5 Å². The number of rotatable bonds is 2. The number of carbonyl (C=O) groups is 3. The Morgan fingerprint density at radius 3 is 2.62 bits per heavy atom. The number of fused-ring (bicyclic) bond motifs is 1. The Bertz CT molecular complexity index is 478. The van der Waals surface area contributed by atoms with E-state index in [1.807, 2.05) is 11.8 Å². The van der Waals surface area contributed by atoms with Crippen LogP contribution in [0, 0.1) is 17.8 Å². The maximum absolute atomic E-state index is 12.7. The van der Waals surface area contributed by atoms with Crippen molar-refractivity contribution in [2.24, 2.45) is 17.8 Å². The topological polar surface area (TPSA) is 77.9 Å². The second-order valence-electron chi connectivity index (χ2n) is 6.69. The third-order valence-electron chi connectivity index (χ3n) is 5.24. The van der Waals surface area contributed by atoms with Crippen LogP contribution < -0.4 is 0 Å². The van der Waals surface area contributed by atoms with E-state index in [9.17, 15) is 19.5 Å². The molecule has 2 saturated heterocycles. The highest BCUT2D eigenvalue weighted by atomic mass is 16.4. The maximum atomic E-state index is 12.7. The van der Waals surface area contributed by atoms with Gasteiger partial charge in [-0.3, -0.25) is 14.4 Å². The van der Waals surface area contributed by atoms with E-state index < -0.39 is 11.9 Å². The Labute approximate surface area is 124 Å². The van der Waals surface area contributed by atoms with Crippen LogP contribution in [0.4, 0.5) is 0 Å². The molecule has 4 unspecified atom stereocenters. The summed E-state index contributed by atoms with van der Waals surface area (Å²) in [5, 5.41) is 9.31. The first-order valence-electron chi connectivity index (χ1n) is 7.78. The Morgan fingerprint density at radius 2 is 1.90 bits per heavy atom. The monoisotopic (exact) mass is 294 g/mol. The molecule has 1 aliphatic carbocycles. The van der Waals surface area contributed by atoms with Gasteiger partial charge in [0.15, 0.2) is 0 Å². The summed E-state index contributed by atoms with van der Waals surface area (Å²) in [5.41, 5.74) is 0. The predicted octanol–water partition coefficient (Wildman–Crippen LogP) is 0.566. The number of carboxylic acids is 1. The molecule has 21 heavy (non-hydrogen) atoms. The quantitative estimate of drug-likeness (QED) is 0.807. The summed E-state index contributed by atoms with van der Waals surface area (Å²) in [6.45, 7) is 3.71. The van der Waals surface area contributed by atoms with Crippen LogP contribution in [-0.4, -0.2) is 58.4 Å². The van der Waals surface area contributed by atoms with Gasteiger partial charge in [0.1, 0.15) is 0 Å². The zero-order chi connectivity index (χ0) is 15.1. The van der Waals surface area contributed by atoms with Crippen LogP contribution in [0.25, 0.3) is 0 Å². The first-order valence-corrected chi connectivity index (χ1v) is 7.78. The minimum atomic E-state index is -0.854. The molecule has 0 spiro atoms. The third kappa shape index (κ3) is 2.51. The minimum absolute atomic E-state index is 0.0225. The van der Waals surface area contributed by atoms with E-state index in [1.54, 1.807) is 4.90 Å². The van der Waals surface area contributed by atoms with E-state index in [4.69, 9.17) is 0 Å². The summed E-state index contributed by atoms with van der Waals surface area (Å²) in [7, 11) is 0. The summed E-state index contributed by atoms with van der Waals surface area (Å²) in [5.74, 6) is -1.34. The predicted molar refractivity (Wildman–Crippen MR) is 74.3 cm³/mol. The van der Waals surface area contributed by atoms with Gasteiger partial charge in [-0.25, -0.2) is 0 Å². The highest BCUT2D eigenvalue weighted by Gasteiger charge is 2.45. The molecular weight excluding hydrogens is 272 g/mol. The Balaban J connectivity index is 1.68. The third-order valence-corrected chi connectivity index (χ3v) is 5.24. The van der Waals surface area contributed by atoms with E-state index in [0.717, 1.165) is 6.42 Å². The molecule has 3 aliphatic rings. The molecule has 1 N–H and O–H groups in total. The molecule has 2 aliphatic heterocycles. The summed E-state index contributed by atoms with van der Waals surface area (Å²) >= 11 is 0. The number of hydrogen-bond donors (Lipinski definition) is 1. The highest BCUT2D eigenvalue weighted by Crippen LogP contribution is 2.38. The zero-order valence-electron chi connectivity index (χ0n) is 12.3. The standard InChI is InChI=1S/C15H22N2O4/c1-9-6-11(12(7-9)15(20)21)14(19)16-4-5-17-10(8-16)2-3-13(17)18/h9-12H,2-8H2,1H3,(H,20,21). The Kier molecular flexibility index (Phi) is 3.63. The van der Waals surface area contributed by atoms with Gasteiger partial charge in [-0.1, -0.05) is 6.92 Å². The lowest BCUT2D eigenvalue weighted by molar-refractivity contribution is -0.150. The summed E-state index contributed by atoms with van der Waals surface area (Å²) in [6, 6.07) is 0.136. The fourth-order valence-corrected chi connectivity index (χ4v) is 4.14. The van der Waals surface area contributed by atoms with Crippen molar-refractivity contribution in [1.29, 1.82) is 0 Å². The molecular formula is C15H22N2O4. The van der Waals surface area contributed by atoms with Crippen LogP contribution >= 0.6 is 0 Å². The molecule has 0 aromatic carbocycles. The molecule has 0 aromatic heterocycles. The maximum Gasteiger partial charge on any atom is 0.307 e. The second-order valence-corrected chi connectivity index (χ2v) is 6.69. The molecule has 0 bridgehead atoms. The lowest BCUT2D eigenvalue weighted by Crippen LogP contribution is -2.54. The average Bonchev–Trinajstić information content (AvgIpc) is 3.01. The van der Waals surface area contributed by atoms with Crippen LogP contribution in [0.15, 0.2) is 0 Å². The van der Waals surface area contributed by atoms with Gasteiger partial charge < -0.3 is 14.9 Å². The number of hydrogen-bond acceptors (Lipinski definition) is 3. The van der Waals surface area contributed by atoms with Gasteiger partial charge in [0.2, 0.25) is 11.8 Å². The van der Waals surface area contributed by atoms with Crippen molar-refractivity contribution in [3.05, 3.63) is 0 Å². The number of carbonyl (C=O) groups excluding carboxylic acids is 2. The van der Waals surface area contributed by atoms with Crippen LogP contribution in [-0.2, 0) is 14.4 Å². The van der Waals surface area contributed by atoms with E-state index in [2.05, 4.69) is 0 Å². The SMILES string of the molecule is CC1CC(C(=O)O)C(C(=O)N2CCN3C(=O)CCC3C2)C1. The van der Waals surface area contributed by atoms with E-state index >= 15 is 0 Å². The molecule has 2 heterocycles. The van der Waals surface area contributed by atoms with Gasteiger partial charge in [0.25, 0.3) is 0 Å². The van der Waals surface area contributed by atoms with Crippen molar-refractivity contribution in [3.63, 3.8) is 0 Å². The van der Waals surface area contributed by atoms with E-state index in [-0.39, 0.29) is 29.7 Å². The highest BCUT2D eigenvalue weighted by molar-refractivity contribution is 5.86. The normalized spacial score (nSPS) is 36.0. The number of aliphatic carboxylic acids is 1. The largest absolute Gasteiger partial charge is 0.481 e. The Morgan fingerprint density at radius 1 is 1.19 bits per heavy atom. The van der Waals surface area contributed by atoms with Crippen molar-refractivity contribution in [2.75, 3.05) is 19.6 Å². The van der Waals surface area contributed by atoms with Crippen molar-refractivity contribution in [3.8, 4) is 0 Å². The van der Waals surface area contributed by atoms with Crippen molar-refractivity contribution >= 4 is 17.8 Å². The minimum Gasteiger partial charge on any atom is -0.481 e. The van der Waals surface area contributed by atoms with Gasteiger partial charge in [-0.15, -0.1) is 0 Å². The number of nitrogens with zero attached hydrogens (tertiary/aromatic N) is 2. The van der Waals surface area contributed by atoms with Gasteiger partial charge >= 0.3 is 5.97 Å². The van der Waals surface area contributed by atoms with Crippen LogP contribution in [0.3, 0.4) is 0 Å². The number of carboxylic acid groups (broad SMARTS) is 1. The summed E-state index contributed by atoms with van der Waals surface area (Å²) in [4.78, 5) is 39.4. The Hall–Kier alpha value is -1.59. The molecule has 6 nitrogen and oxygen atoms in total. The molecule has 2 amide bonds. The fraction of sp³-hybridized carbons (Fsp3) is 0.800. The van der Waals surface area contributed by atoms with Gasteiger partial charge in [-0.2, -0.15) is 0 Å². The summed E-state index contributed by atoms with van der Waals surface area (Å²) < 4.78 is 0. The summed E-state index contributed by atoms with van der Waals surface area (Å²) in [6.07, 6.45) is 2.64. The van der Waals surface area contributed by atoms with E-state index in [1.165, 1.54) is 0 Å². The second kappa shape index (κ2) is 5.31. The molecule has 6 heteroatoms. The van der Waals surface area contributed by atoms with Crippen LogP contribution in [0.5, 0.6) is 0 Å². The molecule has 3 fully saturated rings. The first kappa shape index (κ1) is 14.4. The molecule has 3 rings (SSSR count). The van der Waals surface area contributed by atoms with Crippen molar-refractivity contribution in [1.82, 2.24) is 9.80 Å². The lowest BCUT2D eigenvalue weighted by Gasteiger charge is -2.39. The molecule has 4 atom stereocenters. The van der Waals surface area contributed by atoms with E-state index in [0.29, 0.717) is 38.9 Å². The lowest BCUT2D eigenvalue weighted by atomic mass is 9.94. The molecule has 116 valence electrons. The zero-order valence-corrected chi connectivity index (χ0v) is 12.3. The van der Waals surface area contributed by atoms with Gasteiger partial charge in [0, 0.05) is 32.1 Å². The fourth-order valence-electron chi connectivity index (χ4n) is 4.14.